The Morgan fingerprint density at radius 3 is 2.05 bits per heavy atom. The molecular formula is C19H34N2. The highest BCUT2D eigenvalue weighted by molar-refractivity contribution is 5.23. The molecule has 120 valence electrons. The quantitative estimate of drug-likeness (QED) is 0.545. The van der Waals surface area contributed by atoms with Gasteiger partial charge in [0, 0.05) is 17.4 Å². The maximum Gasteiger partial charge on any atom is 0.0379 e. The number of nitrogens with zero attached hydrogens (tertiary/aromatic N) is 1. The molecule has 21 heavy (non-hydrogen) atoms. The smallest absolute Gasteiger partial charge is 0.0379 e. The number of hydrogen-bond donors (Lipinski definition) is 1. The molecule has 1 aromatic heterocycles. The first-order valence-corrected chi connectivity index (χ1v) is 8.86. The highest BCUT2D eigenvalue weighted by Crippen LogP contribution is 2.21. The topological polar surface area (TPSA) is 24.9 Å². The van der Waals surface area contributed by atoms with Crippen molar-refractivity contribution in [3.05, 3.63) is 29.1 Å². The number of aromatic nitrogens is 1. The summed E-state index contributed by atoms with van der Waals surface area (Å²) in [5.41, 5.74) is 3.67. The Labute approximate surface area is 131 Å². The van der Waals surface area contributed by atoms with E-state index in [1.165, 1.54) is 56.9 Å². The van der Waals surface area contributed by atoms with Gasteiger partial charge in [0.25, 0.3) is 0 Å². The van der Waals surface area contributed by atoms with E-state index in [-0.39, 0.29) is 0 Å². The van der Waals surface area contributed by atoms with Crippen molar-refractivity contribution < 1.29 is 0 Å². The average Bonchev–Trinajstić information content (AvgIpc) is 2.44. The highest BCUT2D eigenvalue weighted by atomic mass is 14.9. The molecule has 0 aliphatic rings. The van der Waals surface area contributed by atoms with Crippen LogP contribution in [0.1, 0.15) is 88.2 Å². The first kappa shape index (κ1) is 18.2. The number of pyridine rings is 1. The van der Waals surface area contributed by atoms with Crippen LogP contribution < -0.4 is 5.32 Å². The lowest BCUT2D eigenvalue weighted by atomic mass is 9.99. The monoisotopic (exact) mass is 290 g/mol. The lowest BCUT2D eigenvalue weighted by molar-refractivity contribution is 0.475. The van der Waals surface area contributed by atoms with Crippen LogP contribution in [-0.4, -0.2) is 11.5 Å². The zero-order valence-corrected chi connectivity index (χ0v) is 14.5. The normalized spacial score (nSPS) is 12.6. The molecule has 0 saturated heterocycles. The summed E-state index contributed by atoms with van der Waals surface area (Å²) in [5.74, 6) is 0. The molecule has 1 atom stereocenters. The van der Waals surface area contributed by atoms with Crippen LogP contribution in [0.25, 0.3) is 0 Å². The lowest BCUT2D eigenvalue weighted by Crippen LogP contribution is -2.21. The molecule has 2 nitrogen and oxygen atoms in total. The minimum absolute atomic E-state index is 0.492. The van der Waals surface area contributed by atoms with E-state index in [9.17, 15) is 0 Å². The lowest BCUT2D eigenvalue weighted by Gasteiger charge is -2.19. The summed E-state index contributed by atoms with van der Waals surface area (Å²) in [4.78, 5) is 4.49. The molecule has 1 unspecified atom stereocenters. The summed E-state index contributed by atoms with van der Waals surface area (Å²) in [5, 5.41) is 3.64. The molecule has 0 bridgehead atoms. The van der Waals surface area contributed by atoms with Gasteiger partial charge in [-0.25, -0.2) is 0 Å². The van der Waals surface area contributed by atoms with E-state index in [0.717, 1.165) is 17.9 Å². The molecule has 2 heteroatoms. The van der Waals surface area contributed by atoms with Crippen molar-refractivity contribution in [2.75, 3.05) is 6.54 Å². The third kappa shape index (κ3) is 7.61. The zero-order valence-electron chi connectivity index (χ0n) is 14.5. The van der Waals surface area contributed by atoms with E-state index in [4.69, 9.17) is 0 Å². The molecule has 0 amide bonds. The predicted molar refractivity (Wildman–Crippen MR) is 92.7 cm³/mol. The first-order valence-electron chi connectivity index (χ1n) is 8.86. The summed E-state index contributed by atoms with van der Waals surface area (Å²) in [6.45, 7) is 9.68. The van der Waals surface area contributed by atoms with Gasteiger partial charge in [-0.05, 0) is 44.5 Å². The molecule has 1 heterocycles. The Kier molecular flexibility index (Phi) is 9.32. The SMILES string of the molecule is CCCCCCCCCC(NCC)c1cc(C)nc(C)c1. The van der Waals surface area contributed by atoms with Crippen LogP contribution in [-0.2, 0) is 0 Å². The third-order valence-corrected chi connectivity index (χ3v) is 4.05. The van der Waals surface area contributed by atoms with Crippen molar-refractivity contribution in [2.45, 2.75) is 85.1 Å². The van der Waals surface area contributed by atoms with Crippen LogP contribution in [0.3, 0.4) is 0 Å². The predicted octanol–water partition coefficient (Wildman–Crippen LogP) is 5.49. The van der Waals surface area contributed by atoms with Crippen LogP contribution in [0.4, 0.5) is 0 Å². The van der Waals surface area contributed by atoms with E-state index in [1.54, 1.807) is 0 Å². The number of unbranched alkanes of at least 4 members (excludes halogenated alkanes) is 6. The molecule has 1 rings (SSSR count). The van der Waals surface area contributed by atoms with Crippen molar-refractivity contribution in [3.8, 4) is 0 Å². The van der Waals surface area contributed by atoms with E-state index in [1.807, 2.05) is 0 Å². The van der Waals surface area contributed by atoms with Gasteiger partial charge >= 0.3 is 0 Å². The number of nitrogens with one attached hydrogen (secondary N) is 1. The molecule has 0 radical (unpaired) electrons. The molecule has 1 N–H and O–H groups in total. The maximum atomic E-state index is 4.49. The maximum absolute atomic E-state index is 4.49. The van der Waals surface area contributed by atoms with E-state index in [0.29, 0.717) is 6.04 Å². The molecule has 0 aromatic carbocycles. The summed E-state index contributed by atoms with van der Waals surface area (Å²) in [6, 6.07) is 4.97. The van der Waals surface area contributed by atoms with E-state index in [2.05, 4.69) is 50.1 Å². The van der Waals surface area contributed by atoms with Gasteiger partial charge in [0.1, 0.15) is 0 Å². The van der Waals surface area contributed by atoms with Crippen LogP contribution in [0.2, 0.25) is 0 Å². The number of aryl methyl sites for hydroxylation is 2. The Morgan fingerprint density at radius 1 is 0.905 bits per heavy atom. The second-order valence-electron chi connectivity index (χ2n) is 6.20. The fraction of sp³-hybridized carbons (Fsp3) is 0.737. The van der Waals surface area contributed by atoms with Gasteiger partial charge in [0.2, 0.25) is 0 Å². The Balaban J connectivity index is 2.39. The van der Waals surface area contributed by atoms with Gasteiger partial charge in [0.05, 0.1) is 0 Å². The molecule has 0 aliphatic heterocycles. The van der Waals surface area contributed by atoms with Crippen LogP contribution >= 0.6 is 0 Å². The molecule has 1 aromatic rings. The van der Waals surface area contributed by atoms with Gasteiger partial charge in [0.15, 0.2) is 0 Å². The fourth-order valence-electron chi connectivity index (χ4n) is 3.01. The zero-order chi connectivity index (χ0) is 15.5. The van der Waals surface area contributed by atoms with Gasteiger partial charge in [-0.1, -0.05) is 58.8 Å². The second kappa shape index (κ2) is 10.8. The summed E-state index contributed by atoms with van der Waals surface area (Å²) < 4.78 is 0. The van der Waals surface area contributed by atoms with Crippen molar-refractivity contribution in [2.24, 2.45) is 0 Å². The Morgan fingerprint density at radius 2 is 1.48 bits per heavy atom. The Bertz CT molecular complexity index is 367. The van der Waals surface area contributed by atoms with Crippen molar-refractivity contribution in [3.63, 3.8) is 0 Å². The minimum Gasteiger partial charge on any atom is -0.310 e. The average molecular weight is 290 g/mol. The van der Waals surface area contributed by atoms with Crippen LogP contribution in [0, 0.1) is 13.8 Å². The van der Waals surface area contributed by atoms with E-state index < -0.39 is 0 Å². The van der Waals surface area contributed by atoms with Crippen LogP contribution in [0.5, 0.6) is 0 Å². The van der Waals surface area contributed by atoms with E-state index >= 15 is 0 Å². The second-order valence-corrected chi connectivity index (χ2v) is 6.20. The fourth-order valence-corrected chi connectivity index (χ4v) is 3.01. The third-order valence-electron chi connectivity index (χ3n) is 4.05. The summed E-state index contributed by atoms with van der Waals surface area (Å²) in [6.07, 6.45) is 10.9. The van der Waals surface area contributed by atoms with Gasteiger partial charge in [-0.2, -0.15) is 0 Å². The van der Waals surface area contributed by atoms with Gasteiger partial charge in [-0.3, -0.25) is 4.98 Å². The minimum atomic E-state index is 0.492. The summed E-state index contributed by atoms with van der Waals surface area (Å²) >= 11 is 0. The summed E-state index contributed by atoms with van der Waals surface area (Å²) in [7, 11) is 0. The molecule has 0 saturated carbocycles. The van der Waals surface area contributed by atoms with Gasteiger partial charge < -0.3 is 5.32 Å². The van der Waals surface area contributed by atoms with Crippen molar-refractivity contribution in [1.82, 2.24) is 10.3 Å². The standard InChI is InChI=1S/C19H34N2/c1-5-7-8-9-10-11-12-13-19(20-6-2)18-14-16(3)21-17(4)15-18/h14-15,19-20H,5-13H2,1-4H3. The molecule has 0 aliphatic carbocycles. The largest absolute Gasteiger partial charge is 0.310 e. The molecule has 0 fully saturated rings. The number of hydrogen-bond acceptors (Lipinski definition) is 2. The Hall–Kier alpha value is -0.890. The van der Waals surface area contributed by atoms with Crippen LogP contribution in [0.15, 0.2) is 12.1 Å². The first-order chi connectivity index (χ1) is 10.2. The molecule has 0 spiro atoms. The highest BCUT2D eigenvalue weighted by Gasteiger charge is 2.11. The van der Waals surface area contributed by atoms with Crippen molar-refractivity contribution in [1.29, 1.82) is 0 Å². The van der Waals surface area contributed by atoms with Crippen molar-refractivity contribution >= 4 is 0 Å². The number of rotatable bonds is 11. The van der Waals surface area contributed by atoms with Gasteiger partial charge in [-0.15, -0.1) is 0 Å². The molecular weight excluding hydrogens is 256 g/mol.